The number of carbonyl (C=O) groups is 2. The number of hydrogen-bond acceptors (Lipinski definition) is 4. The van der Waals surface area contributed by atoms with Gasteiger partial charge in [-0.1, -0.05) is 41.9 Å². The molecule has 0 bridgehead atoms. The highest BCUT2D eigenvalue weighted by Gasteiger charge is 2.06. The van der Waals surface area contributed by atoms with Gasteiger partial charge in [-0.25, -0.2) is 0 Å². The van der Waals surface area contributed by atoms with E-state index in [0.29, 0.717) is 5.69 Å². The summed E-state index contributed by atoms with van der Waals surface area (Å²) in [6.45, 7) is 0. The number of aromatic carboxylic acids is 1. The Balaban J connectivity index is 1.96. The number of amides is 1. The van der Waals surface area contributed by atoms with Crippen molar-refractivity contribution in [2.75, 3.05) is 5.32 Å². The van der Waals surface area contributed by atoms with Crippen LogP contribution < -0.4 is 15.7 Å². The molecular weight excluding hydrogens is 348 g/mol. The fourth-order valence-corrected chi connectivity index (χ4v) is 2.22. The summed E-state index contributed by atoms with van der Waals surface area (Å²) in [6.07, 6.45) is 2.99. The lowest BCUT2D eigenvalue weighted by molar-refractivity contribution is -0.255. The second kappa shape index (κ2) is 8.24. The largest absolute Gasteiger partial charge is 0.545 e. The van der Waals surface area contributed by atoms with E-state index in [1.165, 1.54) is 24.3 Å². The summed E-state index contributed by atoms with van der Waals surface area (Å²) in [5.74, 6) is -1.81. The third kappa shape index (κ3) is 5.19. The zero-order valence-electron chi connectivity index (χ0n) is 12.3. The van der Waals surface area contributed by atoms with Gasteiger partial charge in [0.2, 0.25) is 5.91 Å². The molecule has 0 saturated carbocycles. The molecule has 2 rings (SSSR count). The molecule has 1 amide bonds. The molecule has 0 radical (unpaired) electrons. The fraction of sp³-hybridized carbons (Fsp3) is 0. The van der Waals surface area contributed by atoms with Crippen LogP contribution in [0, 0.1) is 0 Å². The first kappa shape index (κ1) is 17.7. The minimum absolute atomic E-state index is 0.0318. The summed E-state index contributed by atoms with van der Waals surface area (Å²) in [6, 6.07) is 13.5. The van der Waals surface area contributed by atoms with Crippen LogP contribution >= 0.6 is 23.8 Å². The maximum absolute atomic E-state index is 11.8. The average Bonchev–Trinajstić information content (AvgIpc) is 2.55. The van der Waals surface area contributed by atoms with E-state index in [1.54, 1.807) is 6.08 Å². The summed E-state index contributed by atoms with van der Waals surface area (Å²) in [5.41, 5.74) is 1.08. The minimum atomic E-state index is -1.40. The van der Waals surface area contributed by atoms with Crippen molar-refractivity contribution in [1.82, 2.24) is 5.32 Å². The van der Waals surface area contributed by atoms with Gasteiger partial charge in [-0.2, -0.15) is 0 Å². The number of carboxylic acid groups (broad SMARTS) is 1. The molecule has 2 aromatic carbocycles. The van der Waals surface area contributed by atoms with Gasteiger partial charge in [-0.3, -0.25) is 10.1 Å². The van der Waals surface area contributed by atoms with E-state index in [2.05, 4.69) is 10.6 Å². The van der Waals surface area contributed by atoms with Crippen molar-refractivity contribution in [3.63, 3.8) is 0 Å². The van der Waals surface area contributed by atoms with E-state index in [0.717, 1.165) is 5.56 Å². The molecule has 2 N–H and O–H groups in total. The molecule has 0 fully saturated rings. The summed E-state index contributed by atoms with van der Waals surface area (Å²) in [5, 5.41) is 16.2. The Morgan fingerprint density at radius 2 is 1.83 bits per heavy atom. The third-order valence-corrected chi connectivity index (χ3v) is 3.44. The molecule has 0 unspecified atom stereocenters. The summed E-state index contributed by atoms with van der Waals surface area (Å²) in [7, 11) is 0. The predicted molar refractivity (Wildman–Crippen MR) is 95.6 cm³/mol. The molecule has 0 heterocycles. The van der Waals surface area contributed by atoms with Crippen LogP contribution in [0.4, 0.5) is 5.69 Å². The van der Waals surface area contributed by atoms with Gasteiger partial charge >= 0.3 is 0 Å². The van der Waals surface area contributed by atoms with Crippen molar-refractivity contribution in [2.45, 2.75) is 0 Å². The average molecular weight is 360 g/mol. The van der Waals surface area contributed by atoms with Crippen LogP contribution in [0.15, 0.2) is 54.6 Å². The third-order valence-electron chi connectivity index (χ3n) is 2.91. The maximum Gasteiger partial charge on any atom is 0.250 e. The number of nitrogens with one attached hydrogen (secondary N) is 2. The van der Waals surface area contributed by atoms with Crippen molar-refractivity contribution in [3.8, 4) is 0 Å². The number of halogens is 1. The zero-order valence-corrected chi connectivity index (χ0v) is 13.9. The van der Waals surface area contributed by atoms with E-state index in [4.69, 9.17) is 23.8 Å². The summed E-state index contributed by atoms with van der Waals surface area (Å²) >= 11 is 10.8. The van der Waals surface area contributed by atoms with E-state index in [9.17, 15) is 14.7 Å². The van der Waals surface area contributed by atoms with Gasteiger partial charge in [0.05, 0.1) is 5.97 Å². The Morgan fingerprint density at radius 3 is 2.50 bits per heavy atom. The first-order valence-corrected chi connectivity index (χ1v) is 7.60. The monoisotopic (exact) mass is 359 g/mol. The lowest BCUT2D eigenvalue weighted by atomic mass is 10.2. The van der Waals surface area contributed by atoms with Crippen LogP contribution in [0.2, 0.25) is 5.02 Å². The molecule has 0 aliphatic heterocycles. The first-order valence-electron chi connectivity index (χ1n) is 6.81. The predicted octanol–water partition coefficient (Wildman–Crippen LogP) is 2.23. The zero-order chi connectivity index (χ0) is 17.5. The number of hydrogen-bond donors (Lipinski definition) is 2. The number of anilines is 1. The standard InChI is InChI=1S/C17H13ClN2O3S/c18-14-8-7-12(10-13(14)16(22)23)19-17(24)20-15(21)9-6-11-4-2-1-3-5-11/h1-10H,(H,22,23)(H2,19,20,21,24)/p-1/b9-6+. The smallest absolute Gasteiger partial charge is 0.250 e. The Kier molecular flexibility index (Phi) is 6.06. The van der Waals surface area contributed by atoms with E-state index >= 15 is 0 Å². The van der Waals surface area contributed by atoms with Gasteiger partial charge in [0.15, 0.2) is 5.11 Å². The quantitative estimate of drug-likeness (QED) is 0.646. The maximum atomic E-state index is 11.8. The lowest BCUT2D eigenvalue weighted by Crippen LogP contribution is -2.33. The van der Waals surface area contributed by atoms with Crippen LogP contribution in [-0.2, 0) is 4.79 Å². The molecule has 5 nitrogen and oxygen atoms in total. The fourth-order valence-electron chi connectivity index (χ4n) is 1.81. The van der Waals surface area contributed by atoms with Crippen LogP contribution in [0.25, 0.3) is 6.08 Å². The molecule has 0 aliphatic rings. The number of rotatable bonds is 4. The Hall–Kier alpha value is -2.70. The lowest BCUT2D eigenvalue weighted by Gasteiger charge is -2.11. The number of benzene rings is 2. The van der Waals surface area contributed by atoms with Crippen LogP contribution in [0.5, 0.6) is 0 Å². The van der Waals surface area contributed by atoms with E-state index in [-0.39, 0.29) is 15.7 Å². The van der Waals surface area contributed by atoms with Crippen molar-refractivity contribution in [1.29, 1.82) is 0 Å². The normalized spacial score (nSPS) is 10.4. The summed E-state index contributed by atoms with van der Waals surface area (Å²) < 4.78 is 0. The molecular formula is C17H12ClN2O3S-. The van der Waals surface area contributed by atoms with Crippen molar-refractivity contribution in [2.24, 2.45) is 0 Å². The van der Waals surface area contributed by atoms with Gasteiger partial charge in [-0.15, -0.1) is 0 Å². The van der Waals surface area contributed by atoms with Gasteiger partial charge in [0.25, 0.3) is 0 Å². The molecule has 0 aromatic heterocycles. The molecule has 0 spiro atoms. The molecule has 0 atom stereocenters. The minimum Gasteiger partial charge on any atom is -0.545 e. The Labute approximate surface area is 149 Å². The van der Waals surface area contributed by atoms with E-state index < -0.39 is 11.9 Å². The van der Waals surface area contributed by atoms with Crippen LogP contribution in [-0.4, -0.2) is 17.0 Å². The highest BCUT2D eigenvalue weighted by atomic mass is 35.5. The van der Waals surface area contributed by atoms with Gasteiger partial charge < -0.3 is 15.2 Å². The Bertz CT molecular complexity index is 807. The van der Waals surface area contributed by atoms with Gasteiger partial charge in [0.1, 0.15) is 0 Å². The molecule has 24 heavy (non-hydrogen) atoms. The molecule has 2 aromatic rings. The van der Waals surface area contributed by atoms with Crippen LogP contribution in [0.3, 0.4) is 0 Å². The van der Waals surface area contributed by atoms with Gasteiger partial charge in [0, 0.05) is 22.3 Å². The highest BCUT2D eigenvalue weighted by Crippen LogP contribution is 2.19. The molecule has 7 heteroatoms. The SMILES string of the molecule is O=C(/C=C/c1ccccc1)NC(=S)Nc1ccc(Cl)c(C(=O)[O-])c1. The highest BCUT2D eigenvalue weighted by molar-refractivity contribution is 7.80. The Morgan fingerprint density at radius 1 is 1.12 bits per heavy atom. The van der Waals surface area contributed by atoms with Gasteiger partial charge in [-0.05, 0) is 42.1 Å². The number of carboxylic acids is 1. The second-order valence-electron chi connectivity index (χ2n) is 4.67. The molecule has 0 saturated heterocycles. The number of carbonyl (C=O) groups excluding carboxylic acids is 2. The molecule has 0 aliphatic carbocycles. The van der Waals surface area contributed by atoms with Crippen molar-refractivity contribution >= 4 is 52.6 Å². The summed E-state index contributed by atoms with van der Waals surface area (Å²) in [4.78, 5) is 22.7. The van der Waals surface area contributed by atoms with E-state index in [1.807, 2.05) is 30.3 Å². The number of thiocarbonyl (C=S) groups is 1. The van der Waals surface area contributed by atoms with Crippen molar-refractivity contribution in [3.05, 3.63) is 70.8 Å². The first-order chi connectivity index (χ1) is 11.5. The second-order valence-corrected chi connectivity index (χ2v) is 5.48. The molecule has 122 valence electrons. The topological polar surface area (TPSA) is 81.3 Å². The van der Waals surface area contributed by atoms with Crippen molar-refractivity contribution < 1.29 is 14.7 Å². The van der Waals surface area contributed by atoms with Crippen LogP contribution in [0.1, 0.15) is 15.9 Å².